The lowest BCUT2D eigenvalue weighted by atomic mass is 10.1. The third kappa shape index (κ3) is 2.13. The topological polar surface area (TPSA) is 52.9 Å². The van der Waals surface area contributed by atoms with E-state index in [2.05, 4.69) is 5.32 Å². The fraction of sp³-hybridized carbons (Fsp3) is 0.273. The second-order valence-electron chi connectivity index (χ2n) is 3.81. The highest BCUT2D eigenvalue weighted by molar-refractivity contribution is 6.35. The van der Waals surface area contributed by atoms with Gasteiger partial charge in [0.2, 0.25) is 5.91 Å². The van der Waals surface area contributed by atoms with Crippen LogP contribution in [0.5, 0.6) is 0 Å². The van der Waals surface area contributed by atoms with Crippen LogP contribution in [-0.2, 0) is 4.79 Å². The van der Waals surface area contributed by atoms with Crippen LogP contribution in [0.4, 0.5) is 5.69 Å². The second-order valence-corrected chi connectivity index (χ2v) is 4.68. The predicted molar refractivity (Wildman–Crippen MR) is 62.4 cm³/mol. The summed E-state index contributed by atoms with van der Waals surface area (Å²) in [7, 11) is 0. The van der Waals surface area contributed by atoms with E-state index in [-0.39, 0.29) is 5.91 Å². The molecule has 1 saturated carbocycles. The van der Waals surface area contributed by atoms with Crippen LogP contribution < -0.4 is 5.32 Å². The predicted octanol–water partition coefficient (Wildman–Crippen LogP) is 3.24. The van der Waals surface area contributed by atoms with E-state index in [9.17, 15) is 4.79 Å². The Bertz CT molecular complexity index is 469. The van der Waals surface area contributed by atoms with Crippen LogP contribution in [0.3, 0.4) is 0 Å². The normalized spacial score (nSPS) is 16.3. The third-order valence-electron chi connectivity index (χ3n) is 2.52. The molecule has 0 radical (unpaired) electrons. The molecule has 0 atom stereocenters. The maximum Gasteiger partial charge on any atom is 0.244 e. The lowest BCUT2D eigenvalue weighted by Gasteiger charge is -2.08. The minimum absolute atomic E-state index is 0.284. The Hall–Kier alpha value is -1.24. The van der Waals surface area contributed by atoms with Gasteiger partial charge in [-0.3, -0.25) is 4.79 Å². The van der Waals surface area contributed by atoms with Gasteiger partial charge in [0.1, 0.15) is 5.41 Å². The van der Waals surface area contributed by atoms with Crippen molar-refractivity contribution in [1.29, 1.82) is 5.26 Å². The summed E-state index contributed by atoms with van der Waals surface area (Å²) in [6.07, 6.45) is 1.23. The average molecular weight is 255 g/mol. The number of rotatable bonds is 2. The van der Waals surface area contributed by atoms with Gasteiger partial charge >= 0.3 is 0 Å². The number of nitriles is 1. The number of amides is 1. The SMILES string of the molecule is N#CC1(C(=O)Nc2cc(Cl)cc(Cl)c2)CC1. The summed E-state index contributed by atoms with van der Waals surface area (Å²) < 4.78 is 0. The average Bonchev–Trinajstić information content (AvgIpc) is 2.96. The van der Waals surface area contributed by atoms with Crippen molar-refractivity contribution in [2.45, 2.75) is 12.8 Å². The van der Waals surface area contributed by atoms with Gasteiger partial charge in [-0.2, -0.15) is 5.26 Å². The molecule has 1 fully saturated rings. The van der Waals surface area contributed by atoms with Gasteiger partial charge in [-0.25, -0.2) is 0 Å². The van der Waals surface area contributed by atoms with Crippen molar-refractivity contribution in [3.63, 3.8) is 0 Å². The zero-order chi connectivity index (χ0) is 11.8. The molecule has 1 amide bonds. The third-order valence-corrected chi connectivity index (χ3v) is 2.96. The van der Waals surface area contributed by atoms with Crippen molar-refractivity contribution >= 4 is 34.8 Å². The summed E-state index contributed by atoms with van der Waals surface area (Å²) in [5.74, 6) is -0.284. The van der Waals surface area contributed by atoms with Crippen molar-refractivity contribution in [2.24, 2.45) is 5.41 Å². The Morgan fingerprint density at radius 1 is 1.31 bits per heavy atom. The van der Waals surface area contributed by atoms with Crippen molar-refractivity contribution < 1.29 is 4.79 Å². The fourth-order valence-electron chi connectivity index (χ4n) is 1.39. The zero-order valence-corrected chi connectivity index (χ0v) is 9.77. The number of halogens is 2. The highest BCUT2D eigenvalue weighted by atomic mass is 35.5. The standard InChI is InChI=1S/C11H8Cl2N2O/c12-7-3-8(13)5-9(4-7)15-10(16)11(6-14)1-2-11/h3-5H,1-2H2,(H,15,16). The van der Waals surface area contributed by atoms with E-state index in [0.717, 1.165) is 0 Å². The summed E-state index contributed by atoms with van der Waals surface area (Å²) in [6, 6.07) is 6.80. The van der Waals surface area contributed by atoms with Gasteiger partial charge in [0.05, 0.1) is 6.07 Å². The van der Waals surface area contributed by atoms with Crippen LogP contribution in [0, 0.1) is 16.7 Å². The van der Waals surface area contributed by atoms with E-state index in [1.807, 2.05) is 6.07 Å². The molecule has 0 heterocycles. The number of carbonyl (C=O) groups excluding carboxylic acids is 1. The molecule has 0 bridgehead atoms. The smallest absolute Gasteiger partial charge is 0.244 e. The number of hydrogen-bond donors (Lipinski definition) is 1. The molecule has 1 N–H and O–H groups in total. The molecule has 82 valence electrons. The van der Waals surface area contributed by atoms with E-state index in [1.165, 1.54) is 0 Å². The van der Waals surface area contributed by atoms with Gasteiger partial charge in [0, 0.05) is 15.7 Å². The number of carbonyl (C=O) groups is 1. The minimum atomic E-state index is -0.838. The van der Waals surface area contributed by atoms with Gasteiger partial charge in [-0.1, -0.05) is 23.2 Å². The Morgan fingerprint density at radius 3 is 2.31 bits per heavy atom. The first kappa shape index (κ1) is 11.3. The van der Waals surface area contributed by atoms with Crippen LogP contribution in [0.25, 0.3) is 0 Å². The number of nitrogens with zero attached hydrogens (tertiary/aromatic N) is 1. The number of nitrogens with one attached hydrogen (secondary N) is 1. The van der Waals surface area contributed by atoms with Crippen molar-refractivity contribution in [2.75, 3.05) is 5.32 Å². The van der Waals surface area contributed by atoms with Crippen molar-refractivity contribution in [3.8, 4) is 6.07 Å². The summed E-state index contributed by atoms with van der Waals surface area (Å²) in [5, 5.41) is 12.4. The minimum Gasteiger partial charge on any atom is -0.325 e. The molecule has 16 heavy (non-hydrogen) atoms. The summed E-state index contributed by atoms with van der Waals surface area (Å²) in [4.78, 5) is 11.7. The first-order valence-corrected chi connectivity index (χ1v) is 5.50. The van der Waals surface area contributed by atoms with Gasteiger partial charge < -0.3 is 5.32 Å². The van der Waals surface area contributed by atoms with Gasteiger partial charge in [0.15, 0.2) is 0 Å². The first-order valence-electron chi connectivity index (χ1n) is 4.74. The summed E-state index contributed by atoms with van der Waals surface area (Å²) in [5.41, 5.74) is -0.321. The second kappa shape index (κ2) is 3.97. The molecule has 0 saturated heterocycles. The maximum atomic E-state index is 11.7. The van der Waals surface area contributed by atoms with E-state index in [1.54, 1.807) is 18.2 Å². The van der Waals surface area contributed by atoms with Gasteiger partial charge in [-0.05, 0) is 31.0 Å². The Labute approximate surface area is 103 Å². The van der Waals surface area contributed by atoms with E-state index in [0.29, 0.717) is 28.6 Å². The van der Waals surface area contributed by atoms with Crippen LogP contribution in [0.1, 0.15) is 12.8 Å². The molecule has 5 heteroatoms. The monoisotopic (exact) mass is 254 g/mol. The van der Waals surface area contributed by atoms with Gasteiger partial charge in [0.25, 0.3) is 0 Å². The molecule has 0 unspecified atom stereocenters. The van der Waals surface area contributed by atoms with Crippen LogP contribution >= 0.6 is 23.2 Å². The van der Waals surface area contributed by atoms with Crippen LogP contribution in [0.15, 0.2) is 18.2 Å². The lowest BCUT2D eigenvalue weighted by Crippen LogP contribution is -2.22. The fourth-order valence-corrected chi connectivity index (χ4v) is 1.92. The largest absolute Gasteiger partial charge is 0.325 e. The molecule has 1 aromatic rings. The number of benzene rings is 1. The molecule has 0 aromatic heterocycles. The molecule has 1 aliphatic carbocycles. The number of anilines is 1. The summed E-state index contributed by atoms with van der Waals surface area (Å²) >= 11 is 11.6. The number of hydrogen-bond acceptors (Lipinski definition) is 2. The van der Waals surface area contributed by atoms with E-state index < -0.39 is 5.41 Å². The summed E-state index contributed by atoms with van der Waals surface area (Å²) in [6.45, 7) is 0. The molecular formula is C11H8Cl2N2O. The molecule has 3 nitrogen and oxygen atoms in total. The molecule has 0 spiro atoms. The quantitative estimate of drug-likeness (QED) is 0.881. The van der Waals surface area contributed by atoms with Gasteiger partial charge in [-0.15, -0.1) is 0 Å². The maximum absolute atomic E-state index is 11.7. The Morgan fingerprint density at radius 2 is 1.88 bits per heavy atom. The highest BCUT2D eigenvalue weighted by Gasteiger charge is 2.50. The highest BCUT2D eigenvalue weighted by Crippen LogP contribution is 2.45. The van der Waals surface area contributed by atoms with Crippen LogP contribution in [0.2, 0.25) is 10.0 Å². The Balaban J connectivity index is 2.16. The Kier molecular flexibility index (Phi) is 2.79. The molecule has 0 aliphatic heterocycles. The van der Waals surface area contributed by atoms with Crippen molar-refractivity contribution in [3.05, 3.63) is 28.2 Å². The zero-order valence-electron chi connectivity index (χ0n) is 8.26. The van der Waals surface area contributed by atoms with Crippen molar-refractivity contribution in [1.82, 2.24) is 0 Å². The molecule has 2 rings (SSSR count). The molecule has 1 aromatic carbocycles. The molecule has 1 aliphatic rings. The lowest BCUT2D eigenvalue weighted by molar-refractivity contribution is -0.119. The van der Waals surface area contributed by atoms with Crippen LogP contribution in [-0.4, -0.2) is 5.91 Å². The van der Waals surface area contributed by atoms with E-state index >= 15 is 0 Å². The first-order chi connectivity index (χ1) is 7.55. The molecular weight excluding hydrogens is 247 g/mol. The van der Waals surface area contributed by atoms with E-state index in [4.69, 9.17) is 28.5 Å².